The molecule has 1 rings (SSSR count). The van der Waals surface area contributed by atoms with Crippen molar-refractivity contribution in [1.29, 1.82) is 0 Å². The van der Waals surface area contributed by atoms with E-state index in [1.165, 1.54) is 0 Å². The molecule has 1 aromatic rings. The number of benzene rings is 1. The average Bonchev–Trinajstić information content (AvgIpc) is 2.18. The Balaban J connectivity index is 2.81. The summed E-state index contributed by atoms with van der Waals surface area (Å²) in [5, 5.41) is 9.34. The van der Waals surface area contributed by atoms with Crippen molar-refractivity contribution in [2.24, 2.45) is 0 Å². The van der Waals surface area contributed by atoms with Gasteiger partial charge in [-0.15, -0.1) is 0 Å². The number of hydrogen-bond donors (Lipinski definition) is 2. The first-order chi connectivity index (χ1) is 6.56. The molecule has 0 radical (unpaired) electrons. The molecule has 2 atom stereocenters. The molecule has 0 saturated carbocycles. The van der Waals surface area contributed by atoms with Crippen LogP contribution in [0, 0.1) is 0 Å². The summed E-state index contributed by atoms with van der Waals surface area (Å²) in [6.07, 6.45) is -0.163. The number of aliphatic hydroxyl groups is 1. The summed E-state index contributed by atoms with van der Waals surface area (Å²) >= 11 is -4.01. The summed E-state index contributed by atoms with van der Waals surface area (Å²) in [7, 11) is 0. The minimum atomic E-state index is -4.01. The average molecular weight is 258 g/mol. The van der Waals surface area contributed by atoms with Crippen LogP contribution in [0.5, 0.6) is 0 Å². The molecule has 3 nitrogen and oxygen atoms in total. The Morgan fingerprint density at radius 3 is 2.43 bits per heavy atom. The summed E-state index contributed by atoms with van der Waals surface area (Å²) in [6, 6.07) is 8.55. The molecule has 0 fully saturated rings. The van der Waals surface area contributed by atoms with Crippen LogP contribution in [0.25, 0.3) is 0 Å². The van der Waals surface area contributed by atoms with Gasteiger partial charge in [0.15, 0.2) is 0 Å². The van der Waals surface area contributed by atoms with Crippen molar-refractivity contribution < 1.29 is 12.9 Å². The third-order valence-corrected chi connectivity index (χ3v) is 6.33. The summed E-state index contributed by atoms with van der Waals surface area (Å²) in [6.45, 7) is 1.80. The van der Waals surface area contributed by atoms with Gasteiger partial charge in [0.1, 0.15) is 0 Å². The number of hydrogen-bond acceptors (Lipinski definition) is 2. The van der Waals surface area contributed by atoms with E-state index < -0.39 is 19.9 Å². The second-order valence-electron chi connectivity index (χ2n) is 3.28. The third-order valence-electron chi connectivity index (χ3n) is 2.09. The van der Waals surface area contributed by atoms with Crippen LogP contribution in [-0.4, -0.2) is 29.1 Å². The van der Waals surface area contributed by atoms with Gasteiger partial charge in [-0.1, -0.05) is 0 Å². The molecule has 0 amide bonds. The summed E-state index contributed by atoms with van der Waals surface area (Å²) in [5.41, 5.74) is 0. The van der Waals surface area contributed by atoms with Gasteiger partial charge in [-0.25, -0.2) is 0 Å². The van der Waals surface area contributed by atoms with Gasteiger partial charge in [0, 0.05) is 0 Å². The van der Waals surface area contributed by atoms with Gasteiger partial charge in [-0.3, -0.25) is 0 Å². The fourth-order valence-electron chi connectivity index (χ4n) is 1.18. The maximum absolute atomic E-state index is 11.8. The predicted molar refractivity (Wildman–Crippen MR) is 55.8 cm³/mol. The van der Waals surface area contributed by atoms with E-state index in [2.05, 4.69) is 0 Å². The summed E-state index contributed by atoms with van der Waals surface area (Å²) in [4.78, 5) is 0. The predicted octanol–water partition coefficient (Wildman–Crippen LogP) is 0.529. The van der Waals surface area contributed by atoms with E-state index in [-0.39, 0.29) is 5.21 Å². The molecule has 0 saturated heterocycles. The van der Waals surface area contributed by atoms with E-state index in [1.807, 2.05) is 0 Å². The van der Waals surface area contributed by atoms with Crippen LogP contribution in [0.15, 0.2) is 30.3 Å². The first-order valence-corrected chi connectivity index (χ1v) is 8.49. The molecule has 1 aromatic carbocycles. The molecule has 0 bridgehead atoms. The van der Waals surface area contributed by atoms with Crippen LogP contribution in [0.1, 0.15) is 13.3 Å². The third kappa shape index (κ3) is 3.02. The topological polar surface area (TPSA) is 57.5 Å². The number of aliphatic hydroxyl groups excluding tert-OH is 1. The quantitative estimate of drug-likeness (QED) is 0.774. The minimum absolute atomic E-state index is 0.00123. The maximum atomic E-state index is 11.8. The second kappa shape index (κ2) is 4.83. The van der Waals surface area contributed by atoms with Crippen molar-refractivity contribution in [2.75, 3.05) is 0 Å². The van der Waals surface area contributed by atoms with Gasteiger partial charge in [0.2, 0.25) is 0 Å². The van der Waals surface area contributed by atoms with Gasteiger partial charge in [-0.2, -0.15) is 0 Å². The molecule has 0 spiro atoms. The molecule has 78 valence electrons. The van der Waals surface area contributed by atoms with Crippen LogP contribution in [0.3, 0.4) is 0 Å². The standard InChI is InChI=1S/C10H15AsO3/c1-2-10(12)8-11(13,14)9-6-4-3-5-7-9/h3-7,10,12H,2,8H2,1H3,(H,13,14). The molecule has 2 unspecified atom stereocenters. The van der Waals surface area contributed by atoms with E-state index in [1.54, 1.807) is 37.3 Å². The van der Waals surface area contributed by atoms with E-state index in [0.29, 0.717) is 10.8 Å². The Labute approximate surface area is 86.4 Å². The van der Waals surface area contributed by atoms with Gasteiger partial charge < -0.3 is 0 Å². The van der Waals surface area contributed by atoms with Crippen molar-refractivity contribution in [3.05, 3.63) is 30.3 Å². The summed E-state index contributed by atoms with van der Waals surface area (Å²) in [5.74, 6) is 0. The van der Waals surface area contributed by atoms with Crippen LogP contribution < -0.4 is 4.35 Å². The van der Waals surface area contributed by atoms with Crippen molar-refractivity contribution in [1.82, 2.24) is 0 Å². The zero-order valence-electron chi connectivity index (χ0n) is 8.13. The molecule has 0 aliphatic carbocycles. The van der Waals surface area contributed by atoms with E-state index in [9.17, 15) is 12.9 Å². The zero-order chi connectivity index (χ0) is 10.6. The Hall–Kier alpha value is -0.502. The summed E-state index contributed by atoms with van der Waals surface area (Å²) < 4.78 is 22.1. The SMILES string of the molecule is CCC(O)C[As](=O)(O)c1ccccc1. The van der Waals surface area contributed by atoms with Crippen LogP contribution >= 0.6 is 0 Å². The van der Waals surface area contributed by atoms with Crippen molar-refractivity contribution in [2.45, 2.75) is 24.7 Å². The fourth-order valence-corrected chi connectivity index (χ4v) is 4.70. The van der Waals surface area contributed by atoms with Crippen molar-refractivity contribution >= 4 is 18.2 Å². The monoisotopic (exact) mass is 258 g/mol. The molecule has 0 aromatic heterocycles. The molecule has 4 heteroatoms. The Morgan fingerprint density at radius 2 is 1.93 bits per heavy atom. The molecule has 0 aliphatic heterocycles. The van der Waals surface area contributed by atoms with E-state index in [0.717, 1.165) is 0 Å². The Kier molecular flexibility index (Phi) is 3.99. The zero-order valence-corrected chi connectivity index (χ0v) is 10.0. The van der Waals surface area contributed by atoms with E-state index >= 15 is 0 Å². The molecule has 0 heterocycles. The molecular weight excluding hydrogens is 243 g/mol. The van der Waals surface area contributed by atoms with Gasteiger partial charge in [0.25, 0.3) is 0 Å². The van der Waals surface area contributed by atoms with E-state index in [4.69, 9.17) is 0 Å². The molecule has 2 N–H and O–H groups in total. The Morgan fingerprint density at radius 1 is 1.36 bits per heavy atom. The van der Waals surface area contributed by atoms with Gasteiger partial charge >= 0.3 is 86.1 Å². The number of rotatable bonds is 4. The van der Waals surface area contributed by atoms with Gasteiger partial charge in [0.05, 0.1) is 0 Å². The van der Waals surface area contributed by atoms with Crippen molar-refractivity contribution in [3.63, 3.8) is 0 Å². The molecule has 0 aliphatic rings. The normalized spacial score (nSPS) is 17.4. The fraction of sp³-hybridized carbons (Fsp3) is 0.400. The van der Waals surface area contributed by atoms with Crippen LogP contribution in [0.2, 0.25) is 5.21 Å². The van der Waals surface area contributed by atoms with Crippen LogP contribution in [0.4, 0.5) is 0 Å². The first kappa shape index (κ1) is 11.6. The molecular formula is C10H15AsO3. The first-order valence-electron chi connectivity index (χ1n) is 4.61. The van der Waals surface area contributed by atoms with Crippen molar-refractivity contribution in [3.8, 4) is 0 Å². The Bertz CT molecular complexity index is 323. The van der Waals surface area contributed by atoms with Gasteiger partial charge in [-0.05, 0) is 0 Å². The van der Waals surface area contributed by atoms with Crippen LogP contribution in [-0.2, 0) is 3.74 Å². The molecule has 14 heavy (non-hydrogen) atoms. The second-order valence-corrected chi connectivity index (χ2v) is 8.08.